The van der Waals surface area contributed by atoms with E-state index in [9.17, 15) is 4.79 Å². The summed E-state index contributed by atoms with van der Waals surface area (Å²) in [5, 5.41) is 1.41. The number of carbonyl (C=O) groups excluding carboxylic acids is 1. The zero-order valence-electron chi connectivity index (χ0n) is 15.2. The highest BCUT2D eigenvalue weighted by Gasteiger charge is 2.19. The van der Waals surface area contributed by atoms with Gasteiger partial charge in [0.15, 0.2) is 0 Å². The number of fused-ring (bicyclic) bond motifs is 1. The number of rotatable bonds is 6. The van der Waals surface area contributed by atoms with Crippen LogP contribution < -0.4 is 0 Å². The SMILES string of the molecule is CC(Sc1ncnc2sc(-c3ccccc3)cc12)C(=O)OCc1ccccc1. The van der Waals surface area contributed by atoms with E-state index in [1.165, 1.54) is 11.8 Å². The smallest absolute Gasteiger partial charge is 0.319 e. The number of aromatic nitrogens is 2. The van der Waals surface area contributed by atoms with Crippen molar-refractivity contribution in [2.24, 2.45) is 0 Å². The van der Waals surface area contributed by atoms with Crippen molar-refractivity contribution in [2.75, 3.05) is 0 Å². The maximum atomic E-state index is 12.4. The first kappa shape index (κ1) is 18.7. The Labute approximate surface area is 171 Å². The Balaban J connectivity index is 1.49. The molecule has 0 N–H and O–H groups in total. The summed E-state index contributed by atoms with van der Waals surface area (Å²) >= 11 is 3.03. The Hall–Kier alpha value is -2.70. The second kappa shape index (κ2) is 8.54. The summed E-state index contributed by atoms with van der Waals surface area (Å²) in [7, 11) is 0. The van der Waals surface area contributed by atoms with E-state index in [-0.39, 0.29) is 17.8 Å². The molecule has 2 aromatic heterocycles. The van der Waals surface area contributed by atoms with Gasteiger partial charge in [-0.1, -0.05) is 72.4 Å². The van der Waals surface area contributed by atoms with Crippen molar-refractivity contribution in [3.05, 3.63) is 78.6 Å². The van der Waals surface area contributed by atoms with Crippen LogP contribution in [0, 0.1) is 0 Å². The number of nitrogens with zero attached hydrogens (tertiary/aromatic N) is 2. The van der Waals surface area contributed by atoms with Gasteiger partial charge in [-0.3, -0.25) is 4.79 Å². The fraction of sp³-hybridized carbons (Fsp3) is 0.136. The van der Waals surface area contributed by atoms with Gasteiger partial charge in [0.25, 0.3) is 0 Å². The highest BCUT2D eigenvalue weighted by molar-refractivity contribution is 8.00. The number of thiophene rings is 1. The molecule has 0 saturated carbocycles. The van der Waals surface area contributed by atoms with Crippen molar-refractivity contribution in [3.63, 3.8) is 0 Å². The molecule has 0 amide bonds. The molecule has 0 radical (unpaired) electrons. The Morgan fingerprint density at radius 3 is 2.54 bits per heavy atom. The second-order valence-electron chi connectivity index (χ2n) is 6.23. The summed E-state index contributed by atoms with van der Waals surface area (Å²) in [6.45, 7) is 2.12. The van der Waals surface area contributed by atoms with E-state index < -0.39 is 0 Å². The minimum atomic E-state index is -0.359. The van der Waals surface area contributed by atoms with Gasteiger partial charge >= 0.3 is 5.97 Å². The van der Waals surface area contributed by atoms with Gasteiger partial charge in [0.05, 0.1) is 0 Å². The number of esters is 1. The van der Waals surface area contributed by atoms with Crippen molar-refractivity contribution in [3.8, 4) is 10.4 Å². The molecule has 0 aliphatic rings. The predicted molar refractivity (Wildman–Crippen MR) is 114 cm³/mol. The largest absolute Gasteiger partial charge is 0.460 e. The molecule has 6 heteroatoms. The Morgan fingerprint density at radius 1 is 1.07 bits per heavy atom. The van der Waals surface area contributed by atoms with Crippen molar-refractivity contribution in [2.45, 2.75) is 23.8 Å². The highest BCUT2D eigenvalue weighted by Crippen LogP contribution is 2.37. The lowest BCUT2D eigenvalue weighted by Gasteiger charge is -2.11. The quantitative estimate of drug-likeness (QED) is 0.238. The molecule has 2 aromatic carbocycles. The molecule has 0 saturated heterocycles. The summed E-state index contributed by atoms with van der Waals surface area (Å²) < 4.78 is 5.45. The average Bonchev–Trinajstić information content (AvgIpc) is 3.19. The topological polar surface area (TPSA) is 52.1 Å². The van der Waals surface area contributed by atoms with Crippen LogP contribution in [0.1, 0.15) is 12.5 Å². The van der Waals surface area contributed by atoms with Crippen molar-refractivity contribution < 1.29 is 9.53 Å². The van der Waals surface area contributed by atoms with Crippen LogP contribution in [0.3, 0.4) is 0 Å². The molecule has 0 aliphatic carbocycles. The molecule has 4 rings (SSSR count). The summed E-state index contributed by atoms with van der Waals surface area (Å²) in [6.07, 6.45) is 1.55. The maximum absolute atomic E-state index is 12.4. The zero-order chi connectivity index (χ0) is 19.3. The number of hydrogen-bond donors (Lipinski definition) is 0. The molecule has 0 bridgehead atoms. The molecule has 2 heterocycles. The fourth-order valence-electron chi connectivity index (χ4n) is 2.73. The second-order valence-corrected chi connectivity index (χ2v) is 8.59. The van der Waals surface area contributed by atoms with Crippen LogP contribution in [0.5, 0.6) is 0 Å². The van der Waals surface area contributed by atoms with Gasteiger partial charge in [0.1, 0.15) is 28.0 Å². The number of hydrogen-bond acceptors (Lipinski definition) is 6. The van der Waals surface area contributed by atoms with E-state index in [4.69, 9.17) is 4.74 Å². The van der Waals surface area contributed by atoms with Crippen LogP contribution in [0.4, 0.5) is 0 Å². The molecule has 140 valence electrons. The first-order valence-electron chi connectivity index (χ1n) is 8.88. The predicted octanol–water partition coefficient (Wildman–Crippen LogP) is 5.58. The molecular formula is C22H18N2O2S2. The fourth-order valence-corrected chi connectivity index (χ4v) is 4.69. The summed E-state index contributed by atoms with van der Waals surface area (Å²) in [4.78, 5) is 23.3. The maximum Gasteiger partial charge on any atom is 0.319 e. The first-order chi connectivity index (χ1) is 13.7. The van der Waals surface area contributed by atoms with Crippen LogP contribution in [-0.2, 0) is 16.1 Å². The molecule has 0 fully saturated rings. The number of thioether (sulfide) groups is 1. The van der Waals surface area contributed by atoms with Gasteiger partial charge in [-0.25, -0.2) is 9.97 Å². The number of benzene rings is 2. The normalized spacial score (nSPS) is 12.0. The van der Waals surface area contributed by atoms with Gasteiger partial charge < -0.3 is 4.74 Å². The minimum Gasteiger partial charge on any atom is -0.460 e. The average molecular weight is 407 g/mol. The first-order valence-corrected chi connectivity index (χ1v) is 10.6. The summed E-state index contributed by atoms with van der Waals surface area (Å²) in [5.41, 5.74) is 2.12. The number of ether oxygens (including phenoxy) is 1. The molecular weight excluding hydrogens is 388 g/mol. The third-order valence-corrected chi connectivity index (χ3v) is 6.38. The van der Waals surface area contributed by atoms with E-state index >= 15 is 0 Å². The molecule has 1 unspecified atom stereocenters. The van der Waals surface area contributed by atoms with E-state index in [1.54, 1.807) is 17.7 Å². The molecule has 1 atom stereocenters. The Bertz CT molecular complexity index is 1080. The van der Waals surface area contributed by atoms with Gasteiger partial charge in [-0.2, -0.15) is 0 Å². The van der Waals surface area contributed by atoms with Crippen molar-refractivity contribution in [1.29, 1.82) is 0 Å². The standard InChI is InChI=1S/C22H18N2O2S2/c1-15(22(25)26-13-16-8-4-2-5-9-16)27-20-18-12-19(17-10-6-3-7-11-17)28-21(18)24-14-23-20/h2-12,14-15H,13H2,1H3. The van der Waals surface area contributed by atoms with Crippen LogP contribution in [0.15, 0.2) is 78.1 Å². The van der Waals surface area contributed by atoms with Crippen LogP contribution >= 0.6 is 23.1 Å². The molecule has 4 aromatic rings. The van der Waals surface area contributed by atoms with Crippen molar-refractivity contribution in [1.82, 2.24) is 9.97 Å². The zero-order valence-corrected chi connectivity index (χ0v) is 16.9. The van der Waals surface area contributed by atoms with Crippen LogP contribution in [0.25, 0.3) is 20.7 Å². The monoisotopic (exact) mass is 406 g/mol. The van der Waals surface area contributed by atoms with Gasteiger partial charge in [0.2, 0.25) is 0 Å². The molecule has 4 nitrogen and oxygen atoms in total. The van der Waals surface area contributed by atoms with Crippen molar-refractivity contribution >= 4 is 39.3 Å². The van der Waals surface area contributed by atoms with Gasteiger partial charge in [-0.15, -0.1) is 11.3 Å². The lowest BCUT2D eigenvalue weighted by atomic mass is 10.2. The third-order valence-electron chi connectivity index (χ3n) is 4.20. The minimum absolute atomic E-state index is 0.251. The van der Waals surface area contributed by atoms with E-state index in [0.29, 0.717) is 0 Å². The summed E-state index contributed by atoms with van der Waals surface area (Å²) in [6, 6.07) is 22.0. The van der Waals surface area contributed by atoms with Crippen LogP contribution in [0.2, 0.25) is 0 Å². The van der Waals surface area contributed by atoms with Gasteiger partial charge in [-0.05, 0) is 24.1 Å². The Kier molecular flexibility index (Phi) is 5.69. The van der Waals surface area contributed by atoms with E-state index in [0.717, 1.165) is 31.2 Å². The van der Waals surface area contributed by atoms with Crippen LogP contribution in [-0.4, -0.2) is 21.2 Å². The molecule has 0 aliphatic heterocycles. The molecule has 28 heavy (non-hydrogen) atoms. The van der Waals surface area contributed by atoms with Gasteiger partial charge in [0, 0.05) is 10.3 Å². The van der Waals surface area contributed by atoms with E-state index in [2.05, 4.69) is 28.2 Å². The summed E-state index contributed by atoms with van der Waals surface area (Å²) in [5.74, 6) is -0.251. The number of carbonyl (C=O) groups is 1. The third kappa shape index (κ3) is 4.24. The Morgan fingerprint density at radius 2 is 1.79 bits per heavy atom. The highest BCUT2D eigenvalue weighted by atomic mass is 32.2. The lowest BCUT2D eigenvalue weighted by Crippen LogP contribution is -2.17. The lowest BCUT2D eigenvalue weighted by molar-refractivity contribution is -0.143. The molecule has 0 spiro atoms. The van der Waals surface area contributed by atoms with E-state index in [1.807, 2.05) is 55.5 Å².